The van der Waals surface area contributed by atoms with Gasteiger partial charge in [0.25, 0.3) is 5.91 Å². The van der Waals surface area contributed by atoms with Gasteiger partial charge in [-0.15, -0.1) is 11.3 Å². The van der Waals surface area contributed by atoms with Crippen LogP contribution in [0, 0.1) is 18.7 Å². The average molecular weight is 342 g/mol. The molecule has 1 amide bonds. The van der Waals surface area contributed by atoms with Crippen molar-refractivity contribution in [2.75, 3.05) is 0 Å². The van der Waals surface area contributed by atoms with Crippen LogP contribution in [0.2, 0.25) is 0 Å². The number of nitrogens with one attached hydrogen (secondary N) is 1. The number of aryl methyl sites for hydroxylation is 1. The van der Waals surface area contributed by atoms with Crippen molar-refractivity contribution in [3.8, 4) is 0 Å². The van der Waals surface area contributed by atoms with Gasteiger partial charge >= 0.3 is 0 Å². The first-order valence-electron chi connectivity index (χ1n) is 8.22. The number of rotatable bonds is 5. The highest BCUT2D eigenvalue weighted by Crippen LogP contribution is 2.35. The predicted octanol–water partition coefficient (Wildman–Crippen LogP) is 4.49. The number of aromatic nitrogens is 1. The second-order valence-electron chi connectivity index (χ2n) is 6.50. The summed E-state index contributed by atoms with van der Waals surface area (Å²) in [5, 5.41) is 2.96. The number of hydrogen-bond donors (Lipinski definition) is 1. The molecule has 24 heavy (non-hydrogen) atoms. The molecule has 5 heteroatoms. The minimum atomic E-state index is -0.265. The first-order valence-corrected chi connectivity index (χ1v) is 9.04. The van der Waals surface area contributed by atoms with Crippen molar-refractivity contribution in [3.05, 3.63) is 58.3 Å². The molecule has 2 heterocycles. The topological polar surface area (TPSA) is 34.0 Å². The van der Waals surface area contributed by atoms with E-state index >= 15 is 0 Å². The number of hydrogen-bond acceptors (Lipinski definition) is 2. The SMILES string of the molecule is Cc1cc2c(cc(C(=O)NCc3ccc(F)cc3)n2CC2CC2)s1. The summed E-state index contributed by atoms with van der Waals surface area (Å²) < 4.78 is 16.3. The predicted molar refractivity (Wildman–Crippen MR) is 94.8 cm³/mol. The first kappa shape index (κ1) is 15.4. The highest BCUT2D eigenvalue weighted by molar-refractivity contribution is 7.19. The second-order valence-corrected chi connectivity index (χ2v) is 7.79. The number of fused-ring (bicyclic) bond motifs is 1. The molecule has 2 aromatic heterocycles. The van der Waals surface area contributed by atoms with Gasteiger partial charge in [-0.2, -0.15) is 0 Å². The molecule has 0 atom stereocenters. The van der Waals surface area contributed by atoms with E-state index in [2.05, 4.69) is 22.9 Å². The number of halogens is 1. The third-order valence-corrected chi connectivity index (χ3v) is 5.44. The van der Waals surface area contributed by atoms with E-state index in [1.54, 1.807) is 23.5 Å². The van der Waals surface area contributed by atoms with E-state index in [9.17, 15) is 9.18 Å². The highest BCUT2D eigenvalue weighted by Gasteiger charge is 2.25. The van der Waals surface area contributed by atoms with Crippen LogP contribution in [0.15, 0.2) is 36.4 Å². The number of amides is 1. The molecule has 1 N–H and O–H groups in total. The molecule has 0 unspecified atom stereocenters. The summed E-state index contributed by atoms with van der Waals surface area (Å²) in [6.45, 7) is 3.42. The van der Waals surface area contributed by atoms with Gasteiger partial charge in [0.2, 0.25) is 0 Å². The van der Waals surface area contributed by atoms with E-state index in [0.717, 1.165) is 23.3 Å². The van der Waals surface area contributed by atoms with Crippen LogP contribution in [-0.2, 0) is 13.1 Å². The van der Waals surface area contributed by atoms with Crippen LogP contribution in [0.25, 0.3) is 10.2 Å². The Hall–Kier alpha value is -2.14. The molecule has 1 fully saturated rings. The zero-order valence-corrected chi connectivity index (χ0v) is 14.3. The summed E-state index contributed by atoms with van der Waals surface area (Å²) in [7, 11) is 0. The molecule has 0 bridgehead atoms. The average Bonchev–Trinajstić information content (AvgIpc) is 3.22. The van der Waals surface area contributed by atoms with Crippen molar-refractivity contribution in [2.24, 2.45) is 5.92 Å². The summed E-state index contributed by atoms with van der Waals surface area (Å²) in [5.74, 6) is 0.365. The maximum Gasteiger partial charge on any atom is 0.268 e. The van der Waals surface area contributed by atoms with E-state index in [1.807, 2.05) is 6.07 Å². The number of thiophene rings is 1. The summed E-state index contributed by atoms with van der Waals surface area (Å²) in [5.41, 5.74) is 2.78. The standard InChI is InChI=1S/C19H19FN2OS/c1-12-8-16-18(24-12)9-17(22(16)11-14-2-3-14)19(23)21-10-13-4-6-15(20)7-5-13/h4-9,14H,2-3,10-11H2,1H3,(H,21,23). The van der Waals surface area contributed by atoms with Crippen molar-refractivity contribution in [1.82, 2.24) is 9.88 Å². The summed E-state index contributed by atoms with van der Waals surface area (Å²) in [6, 6.07) is 10.4. The molecule has 1 aliphatic rings. The van der Waals surface area contributed by atoms with Crippen LogP contribution in [0.4, 0.5) is 4.39 Å². The summed E-state index contributed by atoms with van der Waals surface area (Å²) in [6.07, 6.45) is 2.50. The van der Waals surface area contributed by atoms with Crippen molar-refractivity contribution in [3.63, 3.8) is 0 Å². The van der Waals surface area contributed by atoms with Crippen molar-refractivity contribution in [2.45, 2.75) is 32.9 Å². The molecule has 1 aliphatic carbocycles. The molecule has 1 aromatic carbocycles. The van der Waals surface area contributed by atoms with E-state index in [1.165, 1.54) is 34.6 Å². The fourth-order valence-electron chi connectivity index (χ4n) is 2.98. The van der Waals surface area contributed by atoms with Gasteiger partial charge in [0.1, 0.15) is 11.5 Å². The zero-order chi connectivity index (χ0) is 16.7. The third-order valence-electron chi connectivity index (χ3n) is 4.45. The van der Waals surface area contributed by atoms with Crippen LogP contribution < -0.4 is 5.32 Å². The lowest BCUT2D eigenvalue weighted by molar-refractivity contribution is 0.0941. The largest absolute Gasteiger partial charge is 0.347 e. The summed E-state index contributed by atoms with van der Waals surface area (Å²) >= 11 is 1.73. The Morgan fingerprint density at radius 3 is 2.75 bits per heavy atom. The quantitative estimate of drug-likeness (QED) is 0.728. The molecule has 124 valence electrons. The Labute approximate surface area is 144 Å². The van der Waals surface area contributed by atoms with Crippen LogP contribution in [-0.4, -0.2) is 10.5 Å². The zero-order valence-electron chi connectivity index (χ0n) is 13.5. The molecule has 3 nitrogen and oxygen atoms in total. The van der Waals surface area contributed by atoms with E-state index in [-0.39, 0.29) is 11.7 Å². The maximum absolute atomic E-state index is 13.0. The van der Waals surface area contributed by atoms with Gasteiger partial charge in [-0.05, 0) is 55.5 Å². The maximum atomic E-state index is 13.0. The smallest absolute Gasteiger partial charge is 0.268 e. The molecule has 3 aromatic rings. The van der Waals surface area contributed by atoms with Gasteiger partial charge in [-0.1, -0.05) is 12.1 Å². The lowest BCUT2D eigenvalue weighted by atomic mass is 10.2. The number of carbonyl (C=O) groups is 1. The lowest BCUT2D eigenvalue weighted by Gasteiger charge is -2.10. The molecule has 0 saturated heterocycles. The number of nitrogens with zero attached hydrogens (tertiary/aromatic N) is 1. The minimum absolute atomic E-state index is 0.0685. The van der Waals surface area contributed by atoms with Crippen molar-refractivity contribution in [1.29, 1.82) is 0 Å². The summed E-state index contributed by atoms with van der Waals surface area (Å²) in [4.78, 5) is 13.9. The second kappa shape index (κ2) is 6.06. The fourth-order valence-corrected chi connectivity index (χ4v) is 3.95. The fraction of sp³-hybridized carbons (Fsp3) is 0.316. The van der Waals surface area contributed by atoms with Gasteiger partial charge in [0.05, 0.1) is 10.2 Å². The van der Waals surface area contributed by atoms with Crippen LogP contribution in [0.5, 0.6) is 0 Å². The Morgan fingerprint density at radius 1 is 1.29 bits per heavy atom. The Morgan fingerprint density at radius 2 is 2.04 bits per heavy atom. The molecular weight excluding hydrogens is 323 g/mol. The number of benzene rings is 1. The van der Waals surface area contributed by atoms with Gasteiger partial charge < -0.3 is 9.88 Å². The lowest BCUT2D eigenvalue weighted by Crippen LogP contribution is -2.25. The van der Waals surface area contributed by atoms with Crippen LogP contribution in [0.3, 0.4) is 0 Å². The third kappa shape index (κ3) is 3.08. The van der Waals surface area contributed by atoms with Gasteiger partial charge in [-0.3, -0.25) is 4.79 Å². The minimum Gasteiger partial charge on any atom is -0.347 e. The van der Waals surface area contributed by atoms with E-state index < -0.39 is 0 Å². The van der Waals surface area contributed by atoms with Crippen molar-refractivity contribution < 1.29 is 9.18 Å². The van der Waals surface area contributed by atoms with Crippen LogP contribution in [0.1, 0.15) is 33.8 Å². The molecule has 1 saturated carbocycles. The van der Waals surface area contributed by atoms with Gasteiger partial charge in [-0.25, -0.2) is 4.39 Å². The Kier molecular flexibility index (Phi) is 3.88. The Bertz CT molecular complexity index is 890. The monoisotopic (exact) mass is 342 g/mol. The Balaban J connectivity index is 1.56. The highest BCUT2D eigenvalue weighted by atomic mass is 32.1. The van der Waals surface area contributed by atoms with Crippen LogP contribution >= 0.6 is 11.3 Å². The molecular formula is C19H19FN2OS. The normalized spacial score (nSPS) is 14.2. The van der Waals surface area contributed by atoms with Gasteiger partial charge in [0.15, 0.2) is 0 Å². The van der Waals surface area contributed by atoms with E-state index in [0.29, 0.717) is 12.5 Å². The molecule has 0 radical (unpaired) electrons. The molecule has 0 aliphatic heterocycles. The van der Waals surface area contributed by atoms with E-state index in [4.69, 9.17) is 0 Å². The first-order chi connectivity index (χ1) is 11.6. The van der Waals surface area contributed by atoms with Crippen molar-refractivity contribution >= 4 is 27.5 Å². The number of carbonyl (C=O) groups excluding carboxylic acids is 1. The van der Waals surface area contributed by atoms with Gasteiger partial charge in [0, 0.05) is 18.0 Å². The molecule has 4 rings (SSSR count). The molecule has 0 spiro atoms.